The molecule has 0 amide bonds. The second-order valence-corrected chi connectivity index (χ2v) is 3.75. The molecule has 82 valence electrons. The van der Waals surface area contributed by atoms with Crippen LogP contribution in [0.3, 0.4) is 0 Å². The summed E-state index contributed by atoms with van der Waals surface area (Å²) in [6, 6.07) is 5.69. The number of nitrogens with zero attached hydrogens (tertiary/aromatic N) is 1. The molecule has 0 radical (unpaired) electrons. The van der Waals surface area contributed by atoms with Crippen LogP contribution in [0, 0.1) is 11.8 Å². The summed E-state index contributed by atoms with van der Waals surface area (Å²) in [5, 5.41) is 8.26. The largest absolute Gasteiger partial charge is 0.321 e. The lowest BCUT2D eigenvalue weighted by Crippen LogP contribution is -2.05. The number of hydrogen-bond acceptors (Lipinski definition) is 2. The van der Waals surface area contributed by atoms with E-state index in [1.54, 1.807) is 6.92 Å². The Morgan fingerprint density at radius 1 is 1.29 bits per heavy atom. The Balaban J connectivity index is 2.51. The highest BCUT2D eigenvalue weighted by Crippen LogP contribution is 2.19. The van der Waals surface area contributed by atoms with Gasteiger partial charge in [-0.05, 0) is 25.1 Å². The van der Waals surface area contributed by atoms with Crippen molar-refractivity contribution in [3.8, 4) is 11.8 Å². The van der Waals surface area contributed by atoms with Gasteiger partial charge in [0, 0.05) is 10.9 Å². The molecule has 0 unspecified atom stereocenters. The van der Waals surface area contributed by atoms with Crippen molar-refractivity contribution in [3.05, 3.63) is 40.3 Å². The highest BCUT2D eigenvalue weighted by molar-refractivity contribution is 6.02. The van der Waals surface area contributed by atoms with Crippen LogP contribution in [0.15, 0.2) is 29.2 Å². The number of aromatic amines is 2. The summed E-state index contributed by atoms with van der Waals surface area (Å²) in [7, 11) is 0. The summed E-state index contributed by atoms with van der Waals surface area (Å²) in [5.41, 5.74) is 2.33. The number of aromatic nitrogens is 3. The first-order valence-electron chi connectivity index (χ1n) is 5.21. The molecule has 2 aromatic heterocycles. The van der Waals surface area contributed by atoms with Crippen LogP contribution < -0.4 is 5.56 Å². The van der Waals surface area contributed by atoms with Crippen molar-refractivity contribution in [2.24, 2.45) is 0 Å². The van der Waals surface area contributed by atoms with Crippen molar-refractivity contribution in [2.75, 3.05) is 0 Å². The second-order valence-electron chi connectivity index (χ2n) is 3.75. The first-order valence-corrected chi connectivity index (χ1v) is 5.21. The third-order valence-electron chi connectivity index (χ3n) is 2.69. The van der Waals surface area contributed by atoms with Crippen molar-refractivity contribution in [1.29, 1.82) is 0 Å². The summed E-state index contributed by atoms with van der Waals surface area (Å²) < 4.78 is 0. The summed E-state index contributed by atoms with van der Waals surface area (Å²) in [6.45, 7) is 1.79. The SMILES string of the molecule is CC#Cc1ccc2[nH]c(=O)c3cn[nH]c3c2c1. The molecule has 0 spiro atoms. The molecule has 0 aliphatic rings. The Labute approximate surface area is 96.7 Å². The fraction of sp³-hybridized carbons (Fsp3) is 0.0769. The quantitative estimate of drug-likeness (QED) is 0.570. The van der Waals surface area contributed by atoms with Gasteiger partial charge in [0.05, 0.1) is 22.6 Å². The minimum atomic E-state index is -0.129. The molecule has 0 saturated heterocycles. The van der Waals surface area contributed by atoms with Crippen molar-refractivity contribution < 1.29 is 0 Å². The first-order chi connectivity index (χ1) is 8.29. The molecule has 0 bridgehead atoms. The molecule has 3 aromatic rings. The normalized spacial score (nSPS) is 10.4. The summed E-state index contributed by atoms with van der Waals surface area (Å²) in [6.07, 6.45) is 1.53. The minimum Gasteiger partial charge on any atom is -0.321 e. The summed E-state index contributed by atoms with van der Waals surface area (Å²) >= 11 is 0. The van der Waals surface area contributed by atoms with Gasteiger partial charge >= 0.3 is 0 Å². The molecule has 17 heavy (non-hydrogen) atoms. The average molecular weight is 223 g/mol. The number of hydrogen-bond donors (Lipinski definition) is 2. The molecule has 0 saturated carbocycles. The Kier molecular flexibility index (Phi) is 1.99. The average Bonchev–Trinajstić information content (AvgIpc) is 2.80. The fourth-order valence-corrected chi connectivity index (χ4v) is 1.94. The number of nitrogens with one attached hydrogen (secondary N) is 2. The van der Waals surface area contributed by atoms with E-state index in [4.69, 9.17) is 0 Å². The lowest BCUT2D eigenvalue weighted by atomic mass is 10.1. The van der Waals surface area contributed by atoms with Crippen LogP contribution in [0.2, 0.25) is 0 Å². The van der Waals surface area contributed by atoms with E-state index in [-0.39, 0.29) is 5.56 Å². The minimum absolute atomic E-state index is 0.129. The highest BCUT2D eigenvalue weighted by Gasteiger charge is 2.06. The van der Waals surface area contributed by atoms with E-state index in [9.17, 15) is 4.79 Å². The van der Waals surface area contributed by atoms with Crippen molar-refractivity contribution in [3.63, 3.8) is 0 Å². The van der Waals surface area contributed by atoms with E-state index >= 15 is 0 Å². The molecule has 0 fully saturated rings. The van der Waals surface area contributed by atoms with Gasteiger partial charge in [-0.15, -0.1) is 5.92 Å². The molecule has 0 aliphatic carbocycles. The van der Waals surface area contributed by atoms with Crippen LogP contribution in [0.4, 0.5) is 0 Å². The predicted molar refractivity (Wildman–Crippen MR) is 66.8 cm³/mol. The van der Waals surface area contributed by atoms with Gasteiger partial charge in [-0.2, -0.15) is 5.10 Å². The topological polar surface area (TPSA) is 61.5 Å². The van der Waals surface area contributed by atoms with Crippen LogP contribution in [-0.4, -0.2) is 15.2 Å². The molecule has 4 nitrogen and oxygen atoms in total. The lowest BCUT2D eigenvalue weighted by molar-refractivity contribution is 1.12. The fourth-order valence-electron chi connectivity index (χ4n) is 1.94. The van der Waals surface area contributed by atoms with Crippen LogP contribution in [0.1, 0.15) is 12.5 Å². The van der Waals surface area contributed by atoms with Gasteiger partial charge in [0.25, 0.3) is 5.56 Å². The van der Waals surface area contributed by atoms with E-state index in [1.165, 1.54) is 6.20 Å². The zero-order chi connectivity index (χ0) is 11.8. The zero-order valence-electron chi connectivity index (χ0n) is 9.16. The number of pyridine rings is 1. The maximum atomic E-state index is 11.7. The molecule has 0 atom stereocenters. The Morgan fingerprint density at radius 2 is 2.18 bits per heavy atom. The van der Waals surface area contributed by atoms with E-state index in [0.717, 1.165) is 22.0 Å². The molecule has 2 heterocycles. The van der Waals surface area contributed by atoms with Crippen LogP contribution in [-0.2, 0) is 0 Å². The second kappa shape index (κ2) is 3.49. The third kappa shape index (κ3) is 1.41. The maximum Gasteiger partial charge on any atom is 0.259 e. The number of rotatable bonds is 0. The Bertz CT molecular complexity index is 830. The van der Waals surface area contributed by atoms with E-state index in [2.05, 4.69) is 27.0 Å². The monoisotopic (exact) mass is 223 g/mol. The van der Waals surface area contributed by atoms with Crippen LogP contribution in [0.5, 0.6) is 0 Å². The van der Waals surface area contributed by atoms with Gasteiger partial charge in [0.2, 0.25) is 0 Å². The van der Waals surface area contributed by atoms with Gasteiger partial charge in [-0.3, -0.25) is 9.89 Å². The number of fused-ring (bicyclic) bond motifs is 3. The van der Waals surface area contributed by atoms with Crippen LogP contribution >= 0.6 is 0 Å². The Morgan fingerprint density at radius 3 is 3.00 bits per heavy atom. The molecule has 1 aromatic carbocycles. The molecular formula is C13H9N3O. The molecule has 4 heteroatoms. The highest BCUT2D eigenvalue weighted by atomic mass is 16.1. The van der Waals surface area contributed by atoms with E-state index < -0.39 is 0 Å². The molecule has 3 rings (SSSR count). The van der Waals surface area contributed by atoms with Gasteiger partial charge in [-0.25, -0.2) is 0 Å². The number of H-pyrrole nitrogens is 2. The lowest BCUT2D eigenvalue weighted by Gasteiger charge is -1.99. The smallest absolute Gasteiger partial charge is 0.259 e. The summed E-state index contributed by atoms with van der Waals surface area (Å²) in [5.74, 6) is 5.85. The molecule has 2 N–H and O–H groups in total. The molecule has 0 aliphatic heterocycles. The zero-order valence-corrected chi connectivity index (χ0v) is 9.16. The predicted octanol–water partition coefficient (Wildman–Crippen LogP) is 1.78. The molecular weight excluding hydrogens is 214 g/mol. The van der Waals surface area contributed by atoms with E-state index in [1.807, 2.05) is 18.2 Å². The van der Waals surface area contributed by atoms with Gasteiger partial charge in [0.1, 0.15) is 0 Å². The first kappa shape index (κ1) is 9.67. The van der Waals surface area contributed by atoms with Crippen molar-refractivity contribution >= 4 is 21.8 Å². The standard InChI is InChI=1S/C13H9N3O/c1-2-3-8-4-5-11-9(6-8)12-10(7-14-16-12)13(17)15-11/h4-7H,1H3,(H,14,16)(H,15,17). The van der Waals surface area contributed by atoms with Crippen molar-refractivity contribution in [1.82, 2.24) is 15.2 Å². The van der Waals surface area contributed by atoms with Gasteiger partial charge in [0.15, 0.2) is 0 Å². The Hall–Kier alpha value is -2.54. The number of benzene rings is 1. The van der Waals surface area contributed by atoms with Gasteiger partial charge in [-0.1, -0.05) is 5.92 Å². The third-order valence-corrected chi connectivity index (χ3v) is 2.69. The maximum absolute atomic E-state index is 11.7. The van der Waals surface area contributed by atoms with Gasteiger partial charge < -0.3 is 4.98 Å². The van der Waals surface area contributed by atoms with E-state index in [0.29, 0.717) is 5.39 Å². The summed E-state index contributed by atoms with van der Waals surface area (Å²) in [4.78, 5) is 14.5. The van der Waals surface area contributed by atoms with Crippen molar-refractivity contribution in [2.45, 2.75) is 6.92 Å². The van der Waals surface area contributed by atoms with Crippen LogP contribution in [0.25, 0.3) is 21.8 Å².